The minimum absolute atomic E-state index is 0.0183. The number of hydrogen-bond acceptors (Lipinski definition) is 4. The minimum Gasteiger partial charge on any atom is -0.497 e. The van der Waals surface area contributed by atoms with Gasteiger partial charge in [-0.3, -0.25) is 14.3 Å². The highest BCUT2D eigenvalue weighted by atomic mass is 16.5. The quantitative estimate of drug-likeness (QED) is 0.808. The second kappa shape index (κ2) is 8.70. The summed E-state index contributed by atoms with van der Waals surface area (Å²) in [7, 11) is 3.43. The van der Waals surface area contributed by atoms with E-state index >= 15 is 0 Å². The Labute approximate surface area is 159 Å². The molecule has 1 aliphatic rings. The molecule has 2 heterocycles. The minimum atomic E-state index is -0.0183. The average Bonchev–Trinajstić information content (AvgIpc) is 3.08. The van der Waals surface area contributed by atoms with Gasteiger partial charge in [0.15, 0.2) is 0 Å². The number of rotatable bonds is 5. The molecule has 1 aromatic carbocycles. The highest BCUT2D eigenvalue weighted by Crippen LogP contribution is 2.20. The molecule has 0 bridgehead atoms. The van der Waals surface area contributed by atoms with Crippen LogP contribution in [-0.2, 0) is 11.3 Å². The zero-order valence-electron chi connectivity index (χ0n) is 15.9. The van der Waals surface area contributed by atoms with Crippen molar-refractivity contribution in [1.29, 1.82) is 0 Å². The summed E-state index contributed by atoms with van der Waals surface area (Å²) in [5, 5.41) is 4.09. The zero-order chi connectivity index (χ0) is 19.2. The summed E-state index contributed by atoms with van der Waals surface area (Å²) in [5.74, 6) is 0.724. The van der Waals surface area contributed by atoms with Gasteiger partial charge in [-0.2, -0.15) is 5.10 Å². The highest BCUT2D eigenvalue weighted by Gasteiger charge is 2.26. The van der Waals surface area contributed by atoms with Gasteiger partial charge in [0.05, 0.1) is 7.11 Å². The predicted molar refractivity (Wildman–Crippen MR) is 102 cm³/mol. The topological polar surface area (TPSA) is 67.7 Å². The first-order valence-corrected chi connectivity index (χ1v) is 9.25. The maximum absolute atomic E-state index is 12.8. The molecule has 7 heteroatoms. The molecule has 1 aliphatic heterocycles. The molecule has 3 rings (SSSR count). The van der Waals surface area contributed by atoms with Crippen molar-refractivity contribution in [3.05, 3.63) is 48.3 Å². The fourth-order valence-corrected chi connectivity index (χ4v) is 3.47. The first-order chi connectivity index (χ1) is 13.1. The fourth-order valence-electron chi connectivity index (χ4n) is 3.47. The van der Waals surface area contributed by atoms with Crippen molar-refractivity contribution in [2.75, 3.05) is 27.2 Å². The summed E-state index contributed by atoms with van der Waals surface area (Å²) in [5.41, 5.74) is 0.618. The summed E-state index contributed by atoms with van der Waals surface area (Å²) in [6, 6.07) is 9.14. The van der Waals surface area contributed by atoms with Gasteiger partial charge in [-0.15, -0.1) is 0 Å². The van der Waals surface area contributed by atoms with Gasteiger partial charge < -0.3 is 14.5 Å². The molecule has 1 fully saturated rings. The summed E-state index contributed by atoms with van der Waals surface area (Å²) < 4.78 is 6.85. The van der Waals surface area contributed by atoms with E-state index in [1.807, 2.05) is 30.1 Å². The first kappa shape index (κ1) is 18.9. The van der Waals surface area contributed by atoms with E-state index in [-0.39, 0.29) is 24.4 Å². The molecule has 0 radical (unpaired) electrons. The van der Waals surface area contributed by atoms with Crippen LogP contribution in [0.4, 0.5) is 0 Å². The van der Waals surface area contributed by atoms with Crippen molar-refractivity contribution in [1.82, 2.24) is 19.6 Å². The Morgan fingerprint density at radius 1 is 1.26 bits per heavy atom. The summed E-state index contributed by atoms with van der Waals surface area (Å²) in [6.45, 7) is 1.63. The molecule has 0 N–H and O–H groups in total. The first-order valence-electron chi connectivity index (χ1n) is 9.25. The number of ether oxygens (including phenoxy) is 1. The third-order valence-electron chi connectivity index (χ3n) is 5.09. The lowest BCUT2D eigenvalue weighted by Crippen LogP contribution is -2.39. The van der Waals surface area contributed by atoms with Gasteiger partial charge in [-0.05, 0) is 43.5 Å². The SMILES string of the molecule is COc1cccc(C(=O)N(C)[C@@H]2CCCN(C(=O)Cn3cccn3)CC2)c1. The van der Waals surface area contributed by atoms with Gasteiger partial charge in [0, 0.05) is 44.1 Å². The Hall–Kier alpha value is -2.83. The van der Waals surface area contributed by atoms with Gasteiger partial charge >= 0.3 is 0 Å². The van der Waals surface area contributed by atoms with Crippen molar-refractivity contribution in [3.8, 4) is 5.75 Å². The number of likely N-dealkylation sites (tertiary alicyclic amines) is 1. The molecule has 2 aromatic rings. The van der Waals surface area contributed by atoms with Crippen LogP contribution in [-0.4, -0.2) is 64.7 Å². The summed E-state index contributed by atoms with van der Waals surface area (Å²) in [6.07, 6.45) is 6.00. The van der Waals surface area contributed by atoms with Crippen LogP contribution in [0, 0.1) is 0 Å². The van der Waals surface area contributed by atoms with E-state index in [9.17, 15) is 9.59 Å². The van der Waals surface area contributed by atoms with Gasteiger partial charge in [0.2, 0.25) is 5.91 Å². The van der Waals surface area contributed by atoms with E-state index < -0.39 is 0 Å². The molecule has 2 amide bonds. The van der Waals surface area contributed by atoms with Crippen LogP contribution in [0.15, 0.2) is 42.7 Å². The molecular weight excluding hydrogens is 344 g/mol. The maximum Gasteiger partial charge on any atom is 0.253 e. The van der Waals surface area contributed by atoms with Crippen LogP contribution < -0.4 is 4.74 Å². The number of amides is 2. The monoisotopic (exact) mass is 370 g/mol. The van der Waals surface area contributed by atoms with Gasteiger partial charge in [-0.1, -0.05) is 6.07 Å². The lowest BCUT2D eigenvalue weighted by molar-refractivity contribution is -0.132. The Kier molecular flexibility index (Phi) is 6.11. The predicted octanol–water partition coefficient (Wildman–Crippen LogP) is 2.04. The average molecular weight is 370 g/mol. The van der Waals surface area contributed by atoms with E-state index in [1.165, 1.54) is 0 Å². The number of hydrogen-bond donors (Lipinski definition) is 0. The normalized spacial score (nSPS) is 17.3. The number of methoxy groups -OCH3 is 1. The van der Waals surface area contributed by atoms with Gasteiger partial charge in [-0.25, -0.2) is 0 Å². The smallest absolute Gasteiger partial charge is 0.253 e. The van der Waals surface area contributed by atoms with Crippen molar-refractivity contribution < 1.29 is 14.3 Å². The van der Waals surface area contributed by atoms with Crippen LogP contribution in [0.1, 0.15) is 29.6 Å². The lowest BCUT2D eigenvalue weighted by Gasteiger charge is -2.27. The number of aromatic nitrogens is 2. The lowest BCUT2D eigenvalue weighted by atomic mass is 10.1. The molecule has 0 saturated carbocycles. The van der Waals surface area contributed by atoms with Crippen molar-refractivity contribution in [2.24, 2.45) is 0 Å². The van der Waals surface area contributed by atoms with Crippen molar-refractivity contribution in [2.45, 2.75) is 31.8 Å². The largest absolute Gasteiger partial charge is 0.497 e. The molecule has 27 heavy (non-hydrogen) atoms. The van der Waals surface area contributed by atoms with Gasteiger partial charge in [0.25, 0.3) is 5.91 Å². The number of benzene rings is 1. The van der Waals surface area contributed by atoms with E-state index in [4.69, 9.17) is 4.74 Å². The number of nitrogens with zero attached hydrogens (tertiary/aromatic N) is 4. The molecule has 1 saturated heterocycles. The van der Waals surface area contributed by atoms with Crippen LogP contribution in [0.25, 0.3) is 0 Å². The van der Waals surface area contributed by atoms with Crippen molar-refractivity contribution in [3.63, 3.8) is 0 Å². The molecule has 144 valence electrons. The fraction of sp³-hybridized carbons (Fsp3) is 0.450. The molecular formula is C20H26N4O3. The molecule has 1 aromatic heterocycles. The van der Waals surface area contributed by atoms with E-state index in [2.05, 4.69) is 5.10 Å². The van der Waals surface area contributed by atoms with Crippen LogP contribution in [0.3, 0.4) is 0 Å². The summed E-state index contributed by atoms with van der Waals surface area (Å²) >= 11 is 0. The second-order valence-corrected chi connectivity index (χ2v) is 6.82. The maximum atomic E-state index is 12.8. The summed E-state index contributed by atoms with van der Waals surface area (Å²) in [4.78, 5) is 29.0. The number of carbonyl (C=O) groups is 2. The standard InChI is InChI=1S/C20H26N4O3/c1-22(20(26)16-6-3-8-18(14-16)27-2)17-7-4-11-23(13-9-17)19(25)15-24-12-5-10-21-24/h3,5-6,8,10,12,14,17H,4,7,9,11,13,15H2,1-2H3/t17-/m1/s1. The molecule has 1 atom stereocenters. The molecule has 0 unspecified atom stereocenters. The van der Waals surface area contributed by atoms with Gasteiger partial charge in [0.1, 0.15) is 12.3 Å². The second-order valence-electron chi connectivity index (χ2n) is 6.82. The third-order valence-corrected chi connectivity index (χ3v) is 5.09. The van der Waals surface area contributed by atoms with Crippen LogP contribution >= 0.6 is 0 Å². The Morgan fingerprint density at radius 2 is 2.11 bits per heavy atom. The highest BCUT2D eigenvalue weighted by molar-refractivity contribution is 5.94. The van der Waals surface area contributed by atoms with E-state index in [0.29, 0.717) is 17.9 Å². The van der Waals surface area contributed by atoms with Crippen LogP contribution in [0.2, 0.25) is 0 Å². The molecule has 7 nitrogen and oxygen atoms in total. The zero-order valence-corrected chi connectivity index (χ0v) is 15.9. The van der Waals surface area contributed by atoms with Crippen LogP contribution in [0.5, 0.6) is 5.75 Å². The Bertz CT molecular complexity index is 775. The molecule has 0 aliphatic carbocycles. The number of carbonyl (C=O) groups excluding carboxylic acids is 2. The van der Waals surface area contributed by atoms with Crippen molar-refractivity contribution >= 4 is 11.8 Å². The Morgan fingerprint density at radius 3 is 2.85 bits per heavy atom. The molecule has 0 spiro atoms. The Balaban J connectivity index is 1.59. The third kappa shape index (κ3) is 4.67. The van der Waals surface area contributed by atoms with E-state index in [0.717, 1.165) is 25.8 Å². The van der Waals surface area contributed by atoms with E-state index in [1.54, 1.807) is 41.2 Å².